The molecule has 5 nitrogen and oxygen atoms in total. The Bertz CT molecular complexity index is 467. The Balaban J connectivity index is 1.94. The zero-order valence-corrected chi connectivity index (χ0v) is 13.9. The van der Waals surface area contributed by atoms with Crippen LogP contribution in [0.2, 0.25) is 0 Å². The average Bonchev–Trinajstić information content (AvgIpc) is 2.62. The lowest BCUT2D eigenvalue weighted by atomic mass is 10.1. The second-order valence-electron chi connectivity index (χ2n) is 6.19. The van der Waals surface area contributed by atoms with Crippen LogP contribution < -0.4 is 0 Å². The summed E-state index contributed by atoms with van der Waals surface area (Å²) in [6.07, 6.45) is 6.51. The Labute approximate surface area is 128 Å². The number of carbonyl (C=O) groups is 1. The summed E-state index contributed by atoms with van der Waals surface area (Å²) in [6, 6.07) is 0.355. The third-order valence-electron chi connectivity index (χ3n) is 3.29. The molecule has 20 heavy (non-hydrogen) atoms. The molecule has 1 aliphatic rings. The number of hydrogen-bond acceptors (Lipinski definition) is 3. The first kappa shape index (κ1) is 15.4. The van der Waals surface area contributed by atoms with Gasteiger partial charge in [-0.15, -0.1) is 0 Å². The van der Waals surface area contributed by atoms with Gasteiger partial charge in [0.2, 0.25) is 0 Å². The van der Waals surface area contributed by atoms with Crippen molar-refractivity contribution in [3.8, 4) is 0 Å². The van der Waals surface area contributed by atoms with Crippen molar-refractivity contribution in [1.29, 1.82) is 0 Å². The Morgan fingerprint density at radius 1 is 1.40 bits per heavy atom. The molecular formula is C14H22BrN3O2. The molecule has 1 atom stereocenters. The van der Waals surface area contributed by atoms with Gasteiger partial charge in [0.25, 0.3) is 0 Å². The monoisotopic (exact) mass is 343 g/mol. The van der Waals surface area contributed by atoms with E-state index < -0.39 is 5.60 Å². The van der Waals surface area contributed by atoms with Crippen molar-refractivity contribution in [2.45, 2.75) is 51.7 Å². The van der Waals surface area contributed by atoms with Crippen LogP contribution >= 0.6 is 15.9 Å². The third-order valence-corrected chi connectivity index (χ3v) is 3.70. The Hall–Kier alpha value is -1.04. The van der Waals surface area contributed by atoms with E-state index in [1.807, 2.05) is 36.5 Å². The summed E-state index contributed by atoms with van der Waals surface area (Å²) in [4.78, 5) is 13.9. The second-order valence-corrected chi connectivity index (χ2v) is 7.11. The molecule has 0 aromatic carbocycles. The molecule has 2 heterocycles. The minimum atomic E-state index is -0.435. The van der Waals surface area contributed by atoms with E-state index in [1.165, 1.54) is 0 Å². The molecule has 1 unspecified atom stereocenters. The normalized spacial score (nSPS) is 20.6. The van der Waals surface area contributed by atoms with Crippen LogP contribution in [0.3, 0.4) is 0 Å². The topological polar surface area (TPSA) is 47.4 Å². The first-order valence-electron chi connectivity index (χ1n) is 7.03. The van der Waals surface area contributed by atoms with Gasteiger partial charge in [-0.2, -0.15) is 5.10 Å². The van der Waals surface area contributed by atoms with Crippen LogP contribution in [-0.2, 0) is 4.74 Å². The van der Waals surface area contributed by atoms with E-state index in [2.05, 4.69) is 21.0 Å². The number of rotatable bonds is 1. The van der Waals surface area contributed by atoms with Gasteiger partial charge in [-0.05, 0) is 56.0 Å². The second kappa shape index (κ2) is 6.16. The van der Waals surface area contributed by atoms with Crippen LogP contribution in [0.1, 0.15) is 46.1 Å². The first-order chi connectivity index (χ1) is 9.35. The van der Waals surface area contributed by atoms with E-state index in [1.54, 1.807) is 6.20 Å². The lowest BCUT2D eigenvalue weighted by Crippen LogP contribution is -2.37. The van der Waals surface area contributed by atoms with E-state index in [9.17, 15) is 4.79 Å². The van der Waals surface area contributed by atoms with Crippen molar-refractivity contribution in [3.05, 3.63) is 16.9 Å². The number of halogens is 1. The smallest absolute Gasteiger partial charge is 0.410 e. The summed E-state index contributed by atoms with van der Waals surface area (Å²) in [5.41, 5.74) is -0.435. The SMILES string of the molecule is CC(C)(C)OC(=O)N1CCCC(n2cc(Br)cn2)CC1. The quantitative estimate of drug-likeness (QED) is 0.782. The summed E-state index contributed by atoms with van der Waals surface area (Å²) < 4.78 is 8.42. The van der Waals surface area contributed by atoms with E-state index in [0.717, 1.165) is 36.8 Å². The van der Waals surface area contributed by atoms with Crippen LogP contribution in [0.5, 0.6) is 0 Å². The maximum Gasteiger partial charge on any atom is 0.410 e. The van der Waals surface area contributed by atoms with Gasteiger partial charge in [-0.25, -0.2) is 4.79 Å². The van der Waals surface area contributed by atoms with Crippen molar-refractivity contribution >= 4 is 22.0 Å². The van der Waals surface area contributed by atoms with E-state index >= 15 is 0 Å². The fraction of sp³-hybridized carbons (Fsp3) is 0.714. The van der Waals surface area contributed by atoms with E-state index in [-0.39, 0.29) is 6.09 Å². The number of carbonyl (C=O) groups excluding carboxylic acids is 1. The predicted octanol–water partition coefficient (Wildman–Crippen LogP) is 3.61. The molecule has 0 saturated carbocycles. The standard InChI is InChI=1S/C14H22BrN3O2/c1-14(2,3)20-13(19)17-7-4-5-12(6-8-17)18-10-11(15)9-16-18/h9-10,12H,4-8H2,1-3H3. The zero-order valence-electron chi connectivity index (χ0n) is 12.3. The van der Waals surface area contributed by atoms with Gasteiger partial charge < -0.3 is 9.64 Å². The highest BCUT2D eigenvalue weighted by Crippen LogP contribution is 2.24. The van der Waals surface area contributed by atoms with Crippen molar-refractivity contribution < 1.29 is 9.53 Å². The van der Waals surface area contributed by atoms with Crippen LogP contribution in [0, 0.1) is 0 Å². The molecule has 0 spiro atoms. The Morgan fingerprint density at radius 3 is 2.75 bits per heavy atom. The molecule has 112 valence electrons. The molecule has 0 radical (unpaired) electrons. The van der Waals surface area contributed by atoms with Gasteiger partial charge in [0.05, 0.1) is 16.7 Å². The van der Waals surface area contributed by atoms with Crippen molar-refractivity contribution in [1.82, 2.24) is 14.7 Å². The van der Waals surface area contributed by atoms with Gasteiger partial charge in [-0.3, -0.25) is 4.68 Å². The van der Waals surface area contributed by atoms with Gasteiger partial charge in [0, 0.05) is 19.3 Å². The van der Waals surface area contributed by atoms with Crippen molar-refractivity contribution in [2.75, 3.05) is 13.1 Å². The molecule has 1 aliphatic heterocycles. The fourth-order valence-corrected chi connectivity index (χ4v) is 2.67. The first-order valence-corrected chi connectivity index (χ1v) is 7.82. The van der Waals surface area contributed by atoms with Gasteiger partial charge >= 0.3 is 6.09 Å². The summed E-state index contributed by atoms with van der Waals surface area (Å²) >= 11 is 3.42. The molecule has 1 amide bonds. The molecule has 6 heteroatoms. The number of hydrogen-bond donors (Lipinski definition) is 0. The molecule has 0 bridgehead atoms. The minimum absolute atomic E-state index is 0.209. The van der Waals surface area contributed by atoms with Gasteiger partial charge in [0.15, 0.2) is 0 Å². The molecule has 0 aliphatic carbocycles. The van der Waals surface area contributed by atoms with Crippen LogP contribution in [0.15, 0.2) is 16.9 Å². The van der Waals surface area contributed by atoms with E-state index in [4.69, 9.17) is 4.74 Å². The number of amides is 1. The zero-order chi connectivity index (χ0) is 14.8. The molecular weight excluding hydrogens is 322 g/mol. The summed E-state index contributed by atoms with van der Waals surface area (Å²) in [7, 11) is 0. The van der Waals surface area contributed by atoms with Crippen molar-refractivity contribution in [3.63, 3.8) is 0 Å². The lowest BCUT2D eigenvalue weighted by Gasteiger charge is -2.26. The number of aromatic nitrogens is 2. The highest BCUT2D eigenvalue weighted by Gasteiger charge is 2.25. The number of ether oxygens (including phenoxy) is 1. The third kappa shape index (κ3) is 4.23. The van der Waals surface area contributed by atoms with Crippen LogP contribution in [0.25, 0.3) is 0 Å². The Morgan fingerprint density at radius 2 is 2.15 bits per heavy atom. The fourth-order valence-electron chi connectivity index (χ4n) is 2.37. The molecule has 1 aromatic heterocycles. The number of nitrogens with zero attached hydrogens (tertiary/aromatic N) is 3. The van der Waals surface area contributed by atoms with Crippen LogP contribution in [-0.4, -0.2) is 39.5 Å². The number of likely N-dealkylation sites (tertiary alicyclic amines) is 1. The van der Waals surface area contributed by atoms with Gasteiger partial charge in [-0.1, -0.05) is 0 Å². The lowest BCUT2D eigenvalue weighted by molar-refractivity contribution is 0.0255. The molecule has 1 aromatic rings. The summed E-state index contributed by atoms with van der Waals surface area (Å²) in [6.45, 7) is 7.16. The van der Waals surface area contributed by atoms with Crippen molar-refractivity contribution in [2.24, 2.45) is 0 Å². The summed E-state index contributed by atoms with van der Waals surface area (Å²) in [5.74, 6) is 0. The molecule has 1 saturated heterocycles. The van der Waals surface area contributed by atoms with E-state index in [0.29, 0.717) is 6.04 Å². The predicted molar refractivity (Wildman–Crippen MR) is 80.6 cm³/mol. The van der Waals surface area contributed by atoms with Gasteiger partial charge in [0.1, 0.15) is 5.60 Å². The maximum absolute atomic E-state index is 12.1. The molecule has 1 fully saturated rings. The largest absolute Gasteiger partial charge is 0.444 e. The summed E-state index contributed by atoms with van der Waals surface area (Å²) in [5, 5.41) is 4.35. The Kier molecular flexibility index (Phi) is 4.73. The molecule has 2 rings (SSSR count). The maximum atomic E-state index is 12.1. The van der Waals surface area contributed by atoms with Crippen LogP contribution in [0.4, 0.5) is 4.79 Å². The minimum Gasteiger partial charge on any atom is -0.444 e. The highest BCUT2D eigenvalue weighted by atomic mass is 79.9. The average molecular weight is 344 g/mol. The molecule has 0 N–H and O–H groups in total. The highest BCUT2D eigenvalue weighted by molar-refractivity contribution is 9.10.